The highest BCUT2D eigenvalue weighted by atomic mass is 15.3. The summed E-state index contributed by atoms with van der Waals surface area (Å²) in [7, 11) is 6.60. The Morgan fingerprint density at radius 3 is 1.42 bits per heavy atom. The van der Waals surface area contributed by atoms with E-state index in [-0.39, 0.29) is 0 Å². The number of hydrogen-bond acceptors (Lipinski definition) is 0. The van der Waals surface area contributed by atoms with Gasteiger partial charge in [0, 0.05) is 5.56 Å². The van der Waals surface area contributed by atoms with Gasteiger partial charge in [0.25, 0.3) is 0 Å². The molecule has 2 aromatic rings. The maximum atomic E-state index is 2.26. The number of quaternary nitrogens is 2. The third-order valence-electron chi connectivity index (χ3n) is 4.62. The number of hydrogen-bond donors (Lipinski definition) is 0. The van der Waals surface area contributed by atoms with Gasteiger partial charge in [-0.05, 0) is 32.9 Å². The quantitative estimate of drug-likeness (QED) is 0.658. The number of benzene rings is 2. The first-order chi connectivity index (χ1) is 11.4. The van der Waals surface area contributed by atoms with Crippen LogP contribution in [0.15, 0.2) is 60.7 Å². The number of para-hydroxylation sites is 1. The minimum atomic E-state index is 0.990. The van der Waals surface area contributed by atoms with Crippen LogP contribution in [0.4, 0.5) is 5.69 Å². The van der Waals surface area contributed by atoms with Gasteiger partial charge in [0.1, 0.15) is 12.2 Å². The Kier molecular flexibility index (Phi) is 8.17. The van der Waals surface area contributed by atoms with Crippen LogP contribution >= 0.6 is 0 Å². The molecular formula is C22H36N2+2. The van der Waals surface area contributed by atoms with Gasteiger partial charge in [-0.3, -0.25) is 4.48 Å². The molecule has 0 bridgehead atoms. The van der Waals surface area contributed by atoms with Gasteiger partial charge in [0.15, 0.2) is 0 Å². The largest absolute Gasteiger partial charge is 0.327 e. The zero-order valence-electron chi connectivity index (χ0n) is 16.5. The van der Waals surface area contributed by atoms with Crippen molar-refractivity contribution < 1.29 is 4.48 Å². The average Bonchev–Trinajstić information content (AvgIpc) is 2.58. The molecule has 0 aliphatic carbocycles. The smallest absolute Gasteiger partial charge is 0.132 e. The van der Waals surface area contributed by atoms with E-state index in [2.05, 4.69) is 103 Å². The summed E-state index contributed by atoms with van der Waals surface area (Å²) in [6.45, 7) is 11.4. The van der Waals surface area contributed by atoms with E-state index in [1.54, 1.807) is 0 Å². The van der Waals surface area contributed by atoms with Crippen molar-refractivity contribution in [1.82, 2.24) is 4.48 Å². The Labute approximate surface area is 149 Å². The molecule has 2 nitrogen and oxygen atoms in total. The Morgan fingerprint density at radius 2 is 1.04 bits per heavy atom. The molecule has 0 aliphatic heterocycles. The predicted molar refractivity (Wildman–Crippen MR) is 108 cm³/mol. The second-order valence-electron chi connectivity index (χ2n) is 7.36. The summed E-state index contributed by atoms with van der Waals surface area (Å²) in [5.74, 6) is 0. The van der Waals surface area contributed by atoms with Gasteiger partial charge in [-0.2, -0.15) is 0 Å². The monoisotopic (exact) mass is 328 g/mol. The normalized spacial score (nSPS) is 11.6. The molecule has 2 aromatic carbocycles. The van der Waals surface area contributed by atoms with Crippen LogP contribution in [0.3, 0.4) is 0 Å². The van der Waals surface area contributed by atoms with E-state index in [1.807, 2.05) is 0 Å². The van der Waals surface area contributed by atoms with E-state index < -0.39 is 0 Å². The van der Waals surface area contributed by atoms with Crippen molar-refractivity contribution in [1.29, 1.82) is 0 Å². The van der Waals surface area contributed by atoms with Crippen molar-refractivity contribution >= 4 is 5.69 Å². The van der Waals surface area contributed by atoms with E-state index in [4.69, 9.17) is 0 Å². The SMILES string of the molecule is CC[N+](CC)(CC)c1ccccc1.C[N+](C)(C)Cc1ccccc1. The molecule has 2 heteroatoms. The molecular weight excluding hydrogens is 292 g/mol. The lowest BCUT2D eigenvalue weighted by Gasteiger charge is -2.35. The summed E-state index contributed by atoms with van der Waals surface area (Å²) in [5, 5.41) is 0. The van der Waals surface area contributed by atoms with Crippen molar-refractivity contribution in [2.75, 3.05) is 40.8 Å². The van der Waals surface area contributed by atoms with E-state index in [9.17, 15) is 0 Å². The molecule has 0 N–H and O–H groups in total. The fourth-order valence-electron chi connectivity index (χ4n) is 3.09. The Bertz CT molecular complexity index is 543. The molecule has 0 aromatic heterocycles. The molecule has 0 unspecified atom stereocenters. The molecule has 0 amide bonds. The van der Waals surface area contributed by atoms with Gasteiger partial charge in [-0.25, -0.2) is 0 Å². The van der Waals surface area contributed by atoms with Crippen LogP contribution in [-0.4, -0.2) is 45.3 Å². The molecule has 132 valence electrons. The topological polar surface area (TPSA) is 0 Å². The lowest BCUT2D eigenvalue weighted by Crippen LogP contribution is -2.48. The van der Waals surface area contributed by atoms with Gasteiger partial charge < -0.3 is 4.48 Å². The summed E-state index contributed by atoms with van der Waals surface area (Å²) in [4.78, 5) is 0. The summed E-state index contributed by atoms with van der Waals surface area (Å²) < 4.78 is 2.09. The number of rotatable bonds is 6. The zero-order chi connectivity index (χ0) is 18.1. The van der Waals surface area contributed by atoms with Gasteiger partial charge in [0.05, 0.1) is 40.8 Å². The van der Waals surface area contributed by atoms with Crippen LogP contribution < -0.4 is 4.48 Å². The Hall–Kier alpha value is -1.64. The predicted octanol–water partition coefficient (Wildman–Crippen LogP) is 4.95. The fraction of sp³-hybridized carbons (Fsp3) is 0.455. The highest BCUT2D eigenvalue weighted by Gasteiger charge is 2.23. The van der Waals surface area contributed by atoms with Crippen molar-refractivity contribution in [2.45, 2.75) is 27.3 Å². The van der Waals surface area contributed by atoms with Crippen molar-refractivity contribution in [3.05, 3.63) is 66.2 Å². The molecule has 0 radical (unpaired) electrons. The maximum Gasteiger partial charge on any atom is 0.132 e. The minimum Gasteiger partial charge on any atom is -0.327 e. The average molecular weight is 329 g/mol. The van der Waals surface area contributed by atoms with Gasteiger partial charge in [-0.1, -0.05) is 48.5 Å². The minimum absolute atomic E-state index is 0.990. The van der Waals surface area contributed by atoms with Gasteiger partial charge >= 0.3 is 0 Å². The second-order valence-corrected chi connectivity index (χ2v) is 7.36. The third kappa shape index (κ3) is 6.46. The third-order valence-corrected chi connectivity index (χ3v) is 4.62. The van der Waals surface area contributed by atoms with Crippen molar-refractivity contribution in [3.8, 4) is 0 Å². The van der Waals surface area contributed by atoms with Crippen LogP contribution in [0, 0.1) is 0 Å². The molecule has 2 rings (SSSR count). The first-order valence-electron chi connectivity index (χ1n) is 9.13. The Morgan fingerprint density at radius 1 is 0.625 bits per heavy atom. The van der Waals surface area contributed by atoms with E-state index in [0.717, 1.165) is 15.5 Å². The van der Waals surface area contributed by atoms with E-state index >= 15 is 0 Å². The molecule has 0 aliphatic rings. The zero-order valence-corrected chi connectivity index (χ0v) is 16.5. The lowest BCUT2D eigenvalue weighted by molar-refractivity contribution is -0.884. The molecule has 0 saturated heterocycles. The van der Waals surface area contributed by atoms with Gasteiger partial charge in [-0.15, -0.1) is 0 Å². The molecule has 0 heterocycles. The van der Waals surface area contributed by atoms with E-state index in [0.29, 0.717) is 0 Å². The van der Waals surface area contributed by atoms with Crippen molar-refractivity contribution in [2.24, 2.45) is 0 Å². The second kappa shape index (κ2) is 9.61. The summed E-state index contributed by atoms with van der Waals surface area (Å²) in [6.07, 6.45) is 0. The first kappa shape index (κ1) is 20.4. The standard InChI is InChI=1S/C12H20N.C10H16N/c1-4-13(5-2,6-3)12-10-8-7-9-11-12;1-11(2,3)9-10-7-5-4-6-8-10/h7-11H,4-6H2,1-3H3;4-8H,9H2,1-3H3/q2*+1. The summed E-state index contributed by atoms with van der Waals surface area (Å²) in [5.41, 5.74) is 2.84. The molecule has 0 spiro atoms. The van der Waals surface area contributed by atoms with Crippen LogP contribution in [0.1, 0.15) is 26.3 Å². The highest BCUT2D eigenvalue weighted by Crippen LogP contribution is 2.21. The van der Waals surface area contributed by atoms with Crippen LogP contribution in [0.25, 0.3) is 0 Å². The van der Waals surface area contributed by atoms with Gasteiger partial charge in [0.2, 0.25) is 0 Å². The van der Waals surface area contributed by atoms with Crippen molar-refractivity contribution in [3.63, 3.8) is 0 Å². The van der Waals surface area contributed by atoms with Crippen LogP contribution in [0.2, 0.25) is 0 Å². The molecule has 0 fully saturated rings. The molecule has 0 atom stereocenters. The maximum absolute atomic E-state index is 2.26. The first-order valence-corrected chi connectivity index (χ1v) is 9.13. The summed E-state index contributed by atoms with van der Waals surface area (Å²) >= 11 is 0. The Balaban J connectivity index is 0.000000243. The lowest BCUT2D eigenvalue weighted by atomic mass is 10.2. The number of nitrogens with zero attached hydrogens (tertiary/aromatic N) is 2. The van der Waals surface area contributed by atoms with E-state index in [1.165, 1.54) is 30.9 Å². The molecule has 0 saturated carbocycles. The molecule has 24 heavy (non-hydrogen) atoms. The summed E-state index contributed by atoms with van der Waals surface area (Å²) in [6, 6.07) is 21.4. The fourth-order valence-corrected chi connectivity index (χ4v) is 3.09. The highest BCUT2D eigenvalue weighted by molar-refractivity contribution is 5.42. The van der Waals surface area contributed by atoms with Crippen LogP contribution in [-0.2, 0) is 6.54 Å². The van der Waals surface area contributed by atoms with Crippen LogP contribution in [0.5, 0.6) is 0 Å².